The minimum Gasteiger partial charge on any atom is -0.351 e. The van der Waals surface area contributed by atoms with Crippen LogP contribution in [0.4, 0.5) is 5.69 Å². The summed E-state index contributed by atoms with van der Waals surface area (Å²) in [7, 11) is 0. The van der Waals surface area contributed by atoms with Crippen molar-refractivity contribution < 1.29 is 4.79 Å². The van der Waals surface area contributed by atoms with Gasteiger partial charge in [-0.3, -0.25) is 4.79 Å². The molecule has 1 aliphatic rings. The molecule has 0 radical (unpaired) electrons. The number of rotatable bonds is 3. The van der Waals surface area contributed by atoms with Crippen molar-refractivity contribution in [2.24, 2.45) is 0 Å². The van der Waals surface area contributed by atoms with Gasteiger partial charge in [-0.2, -0.15) is 0 Å². The molecule has 0 aromatic heterocycles. The van der Waals surface area contributed by atoms with Crippen LogP contribution in [0.2, 0.25) is 5.02 Å². The number of nitrogens with one attached hydrogen (secondary N) is 2. The van der Waals surface area contributed by atoms with Gasteiger partial charge in [0.05, 0.1) is 0 Å². The molecule has 2 N–H and O–H groups in total. The van der Waals surface area contributed by atoms with Crippen LogP contribution in [0.25, 0.3) is 0 Å². The number of benzene rings is 2. The maximum Gasteiger partial charge on any atom is 0.267 e. The minimum absolute atomic E-state index is 0.0666. The molecule has 2 aromatic rings. The zero-order valence-electron chi connectivity index (χ0n) is 16.1. The van der Waals surface area contributed by atoms with Gasteiger partial charge >= 0.3 is 0 Å². The van der Waals surface area contributed by atoms with Crippen LogP contribution in [0.15, 0.2) is 60.3 Å². The Morgan fingerprint density at radius 3 is 2.38 bits per heavy atom. The molecule has 1 amide bonds. The highest BCUT2D eigenvalue weighted by Gasteiger charge is 2.15. The topological polar surface area (TPSA) is 41.1 Å². The highest BCUT2D eigenvalue weighted by atomic mass is 35.5. The Morgan fingerprint density at radius 1 is 1.12 bits per heavy atom. The number of amides is 1. The summed E-state index contributed by atoms with van der Waals surface area (Å²) in [6.07, 6.45) is 3.75. The third-order valence-corrected chi connectivity index (χ3v) is 3.93. The van der Waals surface area contributed by atoms with Crippen LogP contribution in [0.5, 0.6) is 0 Å². The van der Waals surface area contributed by atoms with Crippen molar-refractivity contribution in [2.45, 2.75) is 40.5 Å². The summed E-state index contributed by atoms with van der Waals surface area (Å²) < 4.78 is 0. The largest absolute Gasteiger partial charge is 0.351 e. The van der Waals surface area contributed by atoms with Gasteiger partial charge in [-0.1, -0.05) is 68.8 Å². The second-order valence-corrected chi connectivity index (χ2v) is 5.88. The minimum atomic E-state index is -0.0666. The molecular weight excluding hydrogens is 344 g/mol. The fraction of sp³-hybridized carbons (Fsp3) is 0.318. The van der Waals surface area contributed by atoms with E-state index in [0.29, 0.717) is 12.2 Å². The van der Waals surface area contributed by atoms with Crippen molar-refractivity contribution in [3.63, 3.8) is 0 Å². The average molecular weight is 373 g/mol. The van der Waals surface area contributed by atoms with Crippen molar-refractivity contribution >= 4 is 23.2 Å². The third kappa shape index (κ3) is 6.93. The highest BCUT2D eigenvalue weighted by molar-refractivity contribution is 6.30. The van der Waals surface area contributed by atoms with E-state index in [1.807, 2.05) is 51.1 Å². The van der Waals surface area contributed by atoms with Crippen LogP contribution in [0.1, 0.15) is 38.8 Å². The summed E-state index contributed by atoms with van der Waals surface area (Å²) >= 11 is 5.90. The van der Waals surface area contributed by atoms with E-state index in [9.17, 15) is 4.79 Å². The van der Waals surface area contributed by atoms with Crippen molar-refractivity contribution in [1.29, 1.82) is 0 Å². The Morgan fingerprint density at radius 2 is 1.81 bits per heavy atom. The number of carbonyl (C=O) groups is 1. The zero-order valence-corrected chi connectivity index (χ0v) is 16.9. The van der Waals surface area contributed by atoms with E-state index in [-0.39, 0.29) is 5.91 Å². The van der Waals surface area contributed by atoms with Crippen molar-refractivity contribution in [3.8, 4) is 0 Å². The second kappa shape index (κ2) is 12.2. The molecule has 0 aliphatic carbocycles. The predicted octanol–water partition coefficient (Wildman–Crippen LogP) is 5.60. The first-order valence-corrected chi connectivity index (χ1v) is 9.59. The Kier molecular flexibility index (Phi) is 10.2. The van der Waals surface area contributed by atoms with Gasteiger partial charge in [0.2, 0.25) is 0 Å². The Balaban J connectivity index is 0.000000284. The molecule has 3 rings (SSSR count). The summed E-state index contributed by atoms with van der Waals surface area (Å²) in [6.45, 7) is 8.69. The Labute approximate surface area is 162 Å². The molecule has 3 nitrogen and oxygen atoms in total. The van der Waals surface area contributed by atoms with Crippen molar-refractivity contribution in [2.75, 3.05) is 11.9 Å². The van der Waals surface area contributed by atoms with Gasteiger partial charge in [-0.05, 0) is 49.1 Å². The fourth-order valence-corrected chi connectivity index (χ4v) is 2.57. The molecule has 0 saturated carbocycles. The lowest BCUT2D eigenvalue weighted by atomic mass is 10.0. The molecule has 1 aliphatic heterocycles. The first-order valence-electron chi connectivity index (χ1n) is 9.21. The van der Waals surface area contributed by atoms with E-state index in [0.717, 1.165) is 29.1 Å². The van der Waals surface area contributed by atoms with Crippen LogP contribution in [0.3, 0.4) is 0 Å². The third-order valence-electron chi connectivity index (χ3n) is 3.70. The molecule has 26 heavy (non-hydrogen) atoms. The summed E-state index contributed by atoms with van der Waals surface area (Å²) in [5, 5.41) is 6.58. The normalized spacial score (nSPS) is 11.3. The standard InChI is InChI=1S/C12H13ClN2O.C8H10.C2H6/c1-2-14-12(16)11-5-3-8-7-9(13)4-6-10(8)15-11;1-2-8-6-4-3-5-7-8;1-2/h4-7,15H,2-3H2,1H3,(H,14,16);3-7H,2H2,1H3;1-2H3. The van der Waals surface area contributed by atoms with Gasteiger partial charge in [0.15, 0.2) is 0 Å². The molecule has 0 bridgehead atoms. The van der Waals surface area contributed by atoms with E-state index in [1.165, 1.54) is 5.56 Å². The van der Waals surface area contributed by atoms with E-state index >= 15 is 0 Å². The smallest absolute Gasteiger partial charge is 0.267 e. The summed E-state index contributed by atoms with van der Waals surface area (Å²) in [4.78, 5) is 11.6. The van der Waals surface area contributed by atoms with Gasteiger partial charge in [-0.15, -0.1) is 0 Å². The maximum absolute atomic E-state index is 11.6. The molecule has 1 heterocycles. The molecule has 0 spiro atoms. The zero-order chi connectivity index (χ0) is 19.4. The summed E-state index contributed by atoms with van der Waals surface area (Å²) in [6, 6.07) is 16.1. The van der Waals surface area contributed by atoms with Crippen molar-refractivity contribution in [1.82, 2.24) is 5.32 Å². The van der Waals surface area contributed by atoms with Crippen LogP contribution < -0.4 is 10.6 Å². The van der Waals surface area contributed by atoms with E-state index in [4.69, 9.17) is 11.6 Å². The van der Waals surface area contributed by atoms with Gasteiger partial charge in [-0.25, -0.2) is 0 Å². The first kappa shape index (κ1) is 21.8. The van der Waals surface area contributed by atoms with Crippen molar-refractivity contribution in [3.05, 3.63) is 76.5 Å². The van der Waals surface area contributed by atoms with Crippen LogP contribution >= 0.6 is 11.6 Å². The predicted molar refractivity (Wildman–Crippen MR) is 113 cm³/mol. The van der Waals surface area contributed by atoms with Gasteiger partial charge in [0, 0.05) is 17.3 Å². The van der Waals surface area contributed by atoms with Gasteiger partial charge in [0.1, 0.15) is 5.70 Å². The molecule has 4 heteroatoms. The number of fused-ring (bicyclic) bond motifs is 1. The molecule has 0 fully saturated rings. The first-order chi connectivity index (χ1) is 12.6. The maximum atomic E-state index is 11.6. The molecular formula is C22H29ClN2O. The second-order valence-electron chi connectivity index (χ2n) is 5.45. The van der Waals surface area contributed by atoms with E-state index < -0.39 is 0 Å². The SMILES string of the molecule is CC.CCNC(=O)C1=CCc2cc(Cl)ccc2N1.CCc1ccccc1. The van der Waals surface area contributed by atoms with Crippen LogP contribution in [0, 0.1) is 0 Å². The number of allylic oxidation sites excluding steroid dienone is 1. The van der Waals surface area contributed by atoms with Gasteiger partial charge in [0.25, 0.3) is 5.91 Å². The van der Waals surface area contributed by atoms with Crippen LogP contribution in [-0.2, 0) is 17.6 Å². The Hall–Kier alpha value is -2.26. The molecule has 2 aromatic carbocycles. The summed E-state index contributed by atoms with van der Waals surface area (Å²) in [5.41, 5.74) is 4.08. The molecule has 0 unspecified atom stereocenters. The summed E-state index contributed by atoms with van der Waals surface area (Å²) in [5.74, 6) is -0.0666. The van der Waals surface area contributed by atoms with Crippen LogP contribution in [-0.4, -0.2) is 12.5 Å². The average Bonchev–Trinajstić information content (AvgIpc) is 2.70. The molecule has 0 saturated heterocycles. The highest BCUT2D eigenvalue weighted by Crippen LogP contribution is 2.26. The lowest BCUT2D eigenvalue weighted by Gasteiger charge is -2.18. The number of hydrogen-bond donors (Lipinski definition) is 2. The number of aryl methyl sites for hydroxylation is 1. The van der Waals surface area contributed by atoms with Gasteiger partial charge < -0.3 is 10.6 Å². The number of hydrogen-bond acceptors (Lipinski definition) is 2. The van der Waals surface area contributed by atoms with E-state index in [1.54, 1.807) is 0 Å². The molecule has 140 valence electrons. The monoisotopic (exact) mass is 372 g/mol. The number of carbonyl (C=O) groups excluding carboxylic acids is 1. The lowest BCUT2D eigenvalue weighted by molar-refractivity contribution is -0.117. The molecule has 0 atom stereocenters. The Bertz CT molecular complexity index is 711. The quantitative estimate of drug-likeness (QED) is 0.735. The lowest BCUT2D eigenvalue weighted by Crippen LogP contribution is -2.29. The fourth-order valence-electron chi connectivity index (χ4n) is 2.38. The number of halogens is 1. The van der Waals surface area contributed by atoms with E-state index in [2.05, 4.69) is 41.8 Å². The number of anilines is 1. The number of likely N-dealkylation sites (N-methyl/N-ethyl adjacent to an activating group) is 1.